The van der Waals surface area contributed by atoms with Crippen molar-refractivity contribution in [3.63, 3.8) is 0 Å². The first-order valence-corrected chi connectivity index (χ1v) is 6.99. The average Bonchev–Trinajstić information content (AvgIpc) is 3.03. The van der Waals surface area contributed by atoms with E-state index in [2.05, 4.69) is 15.5 Å². The van der Waals surface area contributed by atoms with Crippen molar-refractivity contribution in [1.29, 1.82) is 0 Å². The zero-order valence-corrected chi connectivity index (χ0v) is 11.2. The Kier molecular flexibility index (Phi) is 3.13. The number of β-lactam (4-membered cyclic amide) rings is 1. The Labute approximate surface area is 117 Å². The van der Waals surface area contributed by atoms with Crippen LogP contribution in [0.25, 0.3) is 0 Å². The molecular formula is C10H13N5O4S. The number of fused-ring (bicyclic) bond motifs is 1. The minimum Gasteiger partial charge on any atom is -0.480 e. The van der Waals surface area contributed by atoms with Crippen LogP contribution in [0.2, 0.25) is 0 Å². The number of aliphatic hydroxyl groups is 1. The minimum atomic E-state index is -1.06. The fraction of sp³-hybridized carbons (Fsp3) is 0.700. The molecule has 3 heterocycles. The number of aliphatic hydroxyl groups excluding tert-OH is 1. The van der Waals surface area contributed by atoms with E-state index in [1.54, 1.807) is 0 Å². The van der Waals surface area contributed by atoms with Crippen molar-refractivity contribution in [3.05, 3.63) is 6.33 Å². The molecule has 1 aromatic rings. The summed E-state index contributed by atoms with van der Waals surface area (Å²) < 4.78 is 0.405. The summed E-state index contributed by atoms with van der Waals surface area (Å²) in [6.07, 6.45) is 1.74. The van der Waals surface area contributed by atoms with Crippen LogP contribution in [0.3, 0.4) is 0 Å². The number of carboxylic acid groups (broad SMARTS) is 1. The highest BCUT2D eigenvalue weighted by atomic mass is 32.2. The van der Waals surface area contributed by atoms with Crippen LogP contribution in [0.4, 0.5) is 0 Å². The molecule has 2 aliphatic rings. The van der Waals surface area contributed by atoms with Crippen molar-refractivity contribution in [2.45, 2.75) is 23.1 Å². The van der Waals surface area contributed by atoms with Crippen LogP contribution in [-0.2, 0) is 16.1 Å². The van der Waals surface area contributed by atoms with E-state index in [0.29, 0.717) is 13.0 Å². The fourth-order valence-electron chi connectivity index (χ4n) is 2.56. The van der Waals surface area contributed by atoms with E-state index in [4.69, 9.17) is 5.11 Å². The fourth-order valence-corrected chi connectivity index (χ4v) is 4.22. The molecule has 1 aromatic heterocycles. The van der Waals surface area contributed by atoms with Crippen molar-refractivity contribution in [2.24, 2.45) is 5.92 Å². The molecule has 0 bridgehead atoms. The highest BCUT2D eigenvalue weighted by molar-refractivity contribution is 8.02. The molecular weight excluding hydrogens is 286 g/mol. The molecule has 108 valence electrons. The molecule has 0 aromatic carbocycles. The van der Waals surface area contributed by atoms with Crippen LogP contribution in [0.1, 0.15) is 6.42 Å². The quantitative estimate of drug-likeness (QED) is 0.624. The van der Waals surface area contributed by atoms with Gasteiger partial charge in [0.1, 0.15) is 11.1 Å². The summed E-state index contributed by atoms with van der Waals surface area (Å²) in [4.78, 5) is 24.9. The lowest BCUT2D eigenvalue weighted by atomic mass is 9.96. The van der Waals surface area contributed by atoms with Crippen molar-refractivity contribution in [1.82, 2.24) is 25.1 Å². The van der Waals surface area contributed by atoms with Gasteiger partial charge in [-0.3, -0.25) is 9.59 Å². The summed E-state index contributed by atoms with van der Waals surface area (Å²) in [5, 5.41) is 29.1. The number of hydrogen-bond acceptors (Lipinski definition) is 7. The highest BCUT2D eigenvalue weighted by Crippen LogP contribution is 2.51. The van der Waals surface area contributed by atoms with E-state index in [0.717, 1.165) is 0 Å². The third-order valence-corrected chi connectivity index (χ3v) is 5.53. The second-order valence-corrected chi connectivity index (χ2v) is 6.39. The van der Waals surface area contributed by atoms with Crippen LogP contribution >= 0.6 is 11.8 Å². The minimum absolute atomic E-state index is 0.162. The molecule has 0 saturated carbocycles. The van der Waals surface area contributed by atoms with Gasteiger partial charge in [0.2, 0.25) is 5.91 Å². The molecule has 0 spiro atoms. The zero-order chi connectivity index (χ0) is 14.3. The summed E-state index contributed by atoms with van der Waals surface area (Å²) in [6.45, 7) is 0.287. The number of tetrazole rings is 1. The standard InChI is InChI=1S/C10H13N5O4S/c16-3-6-7(17)15-4-10(9(18)19,20-8(6)15)1-2-14-5-11-12-13-14/h5-6,8,16H,1-4H2,(H,18,19)/t6-,8+,10?/m0/s1. The van der Waals surface area contributed by atoms with Crippen molar-refractivity contribution in [2.75, 3.05) is 13.2 Å². The normalized spacial score (nSPS) is 32.0. The first-order chi connectivity index (χ1) is 9.57. The molecule has 0 radical (unpaired) electrons. The topological polar surface area (TPSA) is 121 Å². The maximum atomic E-state index is 11.7. The van der Waals surface area contributed by atoms with Gasteiger partial charge in [0.25, 0.3) is 0 Å². The SMILES string of the molecule is O=C1[C@H](CO)[C@H]2SC(CCn3cnnn3)(C(=O)O)CN12. The van der Waals surface area contributed by atoms with Gasteiger partial charge in [0, 0.05) is 13.1 Å². The van der Waals surface area contributed by atoms with Gasteiger partial charge in [-0.05, 0) is 16.8 Å². The summed E-state index contributed by atoms with van der Waals surface area (Å²) in [6, 6.07) is 0. The number of carboxylic acids is 1. The van der Waals surface area contributed by atoms with Gasteiger partial charge in [0.05, 0.1) is 17.9 Å². The first kappa shape index (κ1) is 13.3. The monoisotopic (exact) mass is 299 g/mol. The van der Waals surface area contributed by atoms with Crippen molar-refractivity contribution in [3.8, 4) is 0 Å². The summed E-state index contributed by atoms with van der Waals surface area (Å²) in [7, 11) is 0. The van der Waals surface area contributed by atoms with Crippen LogP contribution in [0.15, 0.2) is 6.33 Å². The Morgan fingerprint density at radius 3 is 3.00 bits per heavy atom. The maximum Gasteiger partial charge on any atom is 0.321 e. The highest BCUT2D eigenvalue weighted by Gasteiger charge is 2.61. The predicted molar refractivity (Wildman–Crippen MR) is 66.5 cm³/mol. The molecule has 1 unspecified atom stereocenters. The van der Waals surface area contributed by atoms with Gasteiger partial charge < -0.3 is 15.1 Å². The Bertz CT molecular complexity index is 538. The number of rotatable bonds is 5. The smallest absolute Gasteiger partial charge is 0.321 e. The average molecular weight is 299 g/mol. The van der Waals surface area contributed by atoms with Crippen LogP contribution in [0, 0.1) is 5.92 Å². The van der Waals surface area contributed by atoms with Gasteiger partial charge in [-0.25, -0.2) is 4.68 Å². The van der Waals surface area contributed by atoms with Gasteiger partial charge in [-0.2, -0.15) is 0 Å². The number of aromatic nitrogens is 4. The Morgan fingerprint density at radius 2 is 2.40 bits per heavy atom. The number of nitrogens with zero attached hydrogens (tertiary/aromatic N) is 5. The van der Waals surface area contributed by atoms with E-state index >= 15 is 0 Å². The Balaban J connectivity index is 1.74. The van der Waals surface area contributed by atoms with Gasteiger partial charge in [-0.1, -0.05) is 0 Å². The van der Waals surface area contributed by atoms with E-state index in [1.807, 2.05) is 0 Å². The second-order valence-electron chi connectivity index (χ2n) is 4.89. The molecule has 3 rings (SSSR count). The molecule has 10 heteroatoms. The molecule has 20 heavy (non-hydrogen) atoms. The molecule has 2 aliphatic heterocycles. The Hall–Kier alpha value is -1.68. The summed E-state index contributed by atoms with van der Waals surface area (Å²) in [5.74, 6) is -1.60. The number of aryl methyl sites for hydroxylation is 1. The number of aliphatic carboxylic acids is 1. The lowest BCUT2D eigenvalue weighted by Gasteiger charge is -2.40. The number of hydrogen-bond donors (Lipinski definition) is 2. The predicted octanol–water partition coefficient (Wildman–Crippen LogP) is -1.59. The van der Waals surface area contributed by atoms with Crippen molar-refractivity contribution < 1.29 is 19.8 Å². The second kappa shape index (κ2) is 4.70. The molecule has 1 amide bonds. The van der Waals surface area contributed by atoms with Crippen LogP contribution in [0.5, 0.6) is 0 Å². The van der Waals surface area contributed by atoms with Crippen LogP contribution < -0.4 is 0 Å². The number of carbonyl (C=O) groups is 2. The Morgan fingerprint density at radius 1 is 1.60 bits per heavy atom. The molecule has 2 N–H and O–H groups in total. The summed E-state index contributed by atoms with van der Waals surface area (Å²) >= 11 is 1.24. The van der Waals surface area contributed by atoms with E-state index in [1.165, 1.54) is 27.7 Å². The third-order valence-electron chi connectivity index (χ3n) is 3.75. The van der Waals surface area contributed by atoms with Gasteiger partial charge in [-0.15, -0.1) is 16.9 Å². The number of thioether (sulfide) groups is 1. The van der Waals surface area contributed by atoms with Crippen molar-refractivity contribution >= 4 is 23.6 Å². The van der Waals surface area contributed by atoms with E-state index < -0.39 is 16.6 Å². The van der Waals surface area contributed by atoms with Gasteiger partial charge in [0.15, 0.2) is 0 Å². The molecule has 2 saturated heterocycles. The first-order valence-electron chi connectivity index (χ1n) is 6.11. The maximum absolute atomic E-state index is 11.7. The molecule has 0 aliphatic carbocycles. The zero-order valence-electron chi connectivity index (χ0n) is 10.4. The van der Waals surface area contributed by atoms with E-state index in [-0.39, 0.29) is 24.4 Å². The molecule has 2 fully saturated rings. The molecule has 9 nitrogen and oxygen atoms in total. The lowest BCUT2D eigenvalue weighted by molar-refractivity contribution is -0.152. The number of amides is 1. The largest absolute Gasteiger partial charge is 0.480 e. The summed E-state index contributed by atoms with van der Waals surface area (Å²) in [5.41, 5.74) is 0. The third kappa shape index (κ3) is 1.86. The van der Waals surface area contributed by atoms with Crippen LogP contribution in [-0.4, -0.2) is 70.5 Å². The van der Waals surface area contributed by atoms with Gasteiger partial charge >= 0.3 is 5.97 Å². The lowest BCUT2D eigenvalue weighted by Crippen LogP contribution is -2.58. The number of carbonyl (C=O) groups excluding carboxylic acids is 1. The molecule has 3 atom stereocenters. The van der Waals surface area contributed by atoms with E-state index in [9.17, 15) is 14.7 Å².